The van der Waals surface area contributed by atoms with E-state index < -0.39 is 0 Å². The number of aliphatic imine (C=N–C) groups is 1. The maximum Gasteiger partial charge on any atom is 0.0690 e. The van der Waals surface area contributed by atoms with Crippen molar-refractivity contribution >= 4 is 11.9 Å². The molecule has 2 rings (SSSR count). The SMILES string of the molecule is Cn1cc(C2=CCC(CO)C=N2)cn1. The lowest BCUT2D eigenvalue weighted by Gasteiger charge is -2.11. The lowest BCUT2D eigenvalue weighted by atomic mass is 10.0. The van der Waals surface area contributed by atoms with Crippen molar-refractivity contribution < 1.29 is 5.11 Å². The average molecular weight is 191 g/mol. The van der Waals surface area contributed by atoms with E-state index in [0.717, 1.165) is 17.7 Å². The molecule has 1 atom stereocenters. The summed E-state index contributed by atoms with van der Waals surface area (Å²) in [7, 11) is 1.88. The Morgan fingerprint density at radius 2 is 2.50 bits per heavy atom. The number of hydrogen-bond acceptors (Lipinski definition) is 3. The van der Waals surface area contributed by atoms with Gasteiger partial charge in [-0.3, -0.25) is 9.67 Å². The molecular weight excluding hydrogens is 178 g/mol. The van der Waals surface area contributed by atoms with Crippen LogP contribution in [-0.4, -0.2) is 27.7 Å². The molecule has 0 fully saturated rings. The van der Waals surface area contributed by atoms with E-state index >= 15 is 0 Å². The first-order chi connectivity index (χ1) is 6.79. The van der Waals surface area contributed by atoms with Crippen LogP contribution in [0.5, 0.6) is 0 Å². The fraction of sp³-hybridized carbons (Fsp3) is 0.400. The summed E-state index contributed by atoms with van der Waals surface area (Å²) in [5.41, 5.74) is 1.97. The van der Waals surface area contributed by atoms with Crippen LogP contribution in [0.15, 0.2) is 23.5 Å². The molecule has 0 aromatic carbocycles. The summed E-state index contributed by atoms with van der Waals surface area (Å²) in [5, 5.41) is 13.0. The molecule has 4 heteroatoms. The molecule has 14 heavy (non-hydrogen) atoms. The van der Waals surface area contributed by atoms with E-state index in [1.54, 1.807) is 10.9 Å². The van der Waals surface area contributed by atoms with Gasteiger partial charge in [-0.25, -0.2) is 0 Å². The second kappa shape index (κ2) is 3.75. The summed E-state index contributed by atoms with van der Waals surface area (Å²) in [6, 6.07) is 0. The zero-order valence-electron chi connectivity index (χ0n) is 8.09. The molecule has 1 aliphatic heterocycles. The quantitative estimate of drug-likeness (QED) is 0.753. The maximum absolute atomic E-state index is 8.91. The van der Waals surface area contributed by atoms with Gasteiger partial charge < -0.3 is 5.11 Å². The Bertz CT molecular complexity index is 378. The van der Waals surface area contributed by atoms with Crippen molar-refractivity contribution in [2.24, 2.45) is 18.0 Å². The van der Waals surface area contributed by atoms with Crippen LogP contribution in [-0.2, 0) is 7.05 Å². The van der Waals surface area contributed by atoms with E-state index in [2.05, 4.69) is 10.1 Å². The van der Waals surface area contributed by atoms with Crippen LogP contribution >= 0.6 is 0 Å². The van der Waals surface area contributed by atoms with Gasteiger partial charge in [0.15, 0.2) is 0 Å². The van der Waals surface area contributed by atoms with Gasteiger partial charge in [-0.2, -0.15) is 5.10 Å². The summed E-state index contributed by atoms with van der Waals surface area (Å²) in [6.07, 6.45) is 8.43. The first-order valence-corrected chi connectivity index (χ1v) is 4.64. The molecule has 0 saturated heterocycles. The van der Waals surface area contributed by atoms with Gasteiger partial charge in [0.1, 0.15) is 0 Å². The third-order valence-corrected chi connectivity index (χ3v) is 2.27. The number of aromatic nitrogens is 2. The van der Waals surface area contributed by atoms with Gasteiger partial charge in [0, 0.05) is 30.9 Å². The maximum atomic E-state index is 8.91. The molecule has 1 aliphatic rings. The first kappa shape index (κ1) is 9.15. The van der Waals surface area contributed by atoms with E-state index in [0.29, 0.717) is 0 Å². The van der Waals surface area contributed by atoms with E-state index in [1.807, 2.05) is 25.5 Å². The molecule has 1 aromatic heterocycles. The van der Waals surface area contributed by atoms with Gasteiger partial charge in [-0.1, -0.05) is 6.08 Å². The third kappa shape index (κ3) is 1.75. The third-order valence-electron chi connectivity index (χ3n) is 2.27. The number of aliphatic hydroxyl groups excluding tert-OH is 1. The second-order valence-electron chi connectivity index (χ2n) is 3.45. The average Bonchev–Trinajstić information content (AvgIpc) is 2.65. The van der Waals surface area contributed by atoms with Crippen LogP contribution in [0.25, 0.3) is 5.70 Å². The molecule has 0 amide bonds. The summed E-state index contributed by atoms with van der Waals surface area (Å²) in [6.45, 7) is 0.167. The highest BCUT2D eigenvalue weighted by Crippen LogP contribution is 2.20. The molecule has 4 nitrogen and oxygen atoms in total. The zero-order chi connectivity index (χ0) is 9.97. The second-order valence-corrected chi connectivity index (χ2v) is 3.45. The number of aryl methyl sites for hydroxylation is 1. The van der Waals surface area contributed by atoms with E-state index in [1.165, 1.54) is 0 Å². The highest BCUT2D eigenvalue weighted by molar-refractivity contribution is 5.77. The van der Waals surface area contributed by atoms with Gasteiger partial charge >= 0.3 is 0 Å². The summed E-state index contributed by atoms with van der Waals surface area (Å²) in [4.78, 5) is 4.29. The normalized spacial score (nSPS) is 21.0. The van der Waals surface area contributed by atoms with Crippen molar-refractivity contribution in [2.45, 2.75) is 6.42 Å². The van der Waals surface area contributed by atoms with Crippen LogP contribution < -0.4 is 0 Å². The van der Waals surface area contributed by atoms with Crippen LogP contribution in [0, 0.1) is 5.92 Å². The molecule has 1 unspecified atom stereocenters. The molecule has 0 saturated carbocycles. The Hall–Kier alpha value is -1.42. The van der Waals surface area contributed by atoms with Gasteiger partial charge in [0.25, 0.3) is 0 Å². The molecule has 1 N–H and O–H groups in total. The Morgan fingerprint density at radius 3 is 3.00 bits per heavy atom. The highest BCUT2D eigenvalue weighted by atomic mass is 16.3. The van der Waals surface area contributed by atoms with Gasteiger partial charge in [-0.15, -0.1) is 0 Å². The molecule has 0 spiro atoms. The van der Waals surface area contributed by atoms with Gasteiger partial charge in [0.2, 0.25) is 0 Å². The summed E-state index contributed by atoms with van der Waals surface area (Å²) < 4.78 is 1.75. The van der Waals surface area contributed by atoms with Crippen LogP contribution in [0.2, 0.25) is 0 Å². The first-order valence-electron chi connectivity index (χ1n) is 4.64. The predicted molar refractivity (Wildman–Crippen MR) is 54.9 cm³/mol. The van der Waals surface area contributed by atoms with Gasteiger partial charge in [-0.05, 0) is 6.42 Å². The van der Waals surface area contributed by atoms with Gasteiger partial charge in [0.05, 0.1) is 18.5 Å². The summed E-state index contributed by atoms with van der Waals surface area (Å²) in [5.74, 6) is 0.176. The fourth-order valence-electron chi connectivity index (χ4n) is 1.43. The van der Waals surface area contributed by atoms with Crippen molar-refractivity contribution in [3.05, 3.63) is 24.0 Å². The van der Waals surface area contributed by atoms with Crippen LogP contribution in [0.4, 0.5) is 0 Å². The molecule has 0 radical (unpaired) electrons. The molecule has 1 aromatic rings. The standard InChI is InChI=1S/C10H13N3O/c1-13-6-9(5-12-13)10-3-2-8(7-14)4-11-10/h3-6,8,14H,2,7H2,1H3. The van der Waals surface area contributed by atoms with Crippen molar-refractivity contribution in [1.82, 2.24) is 9.78 Å². The van der Waals surface area contributed by atoms with Crippen molar-refractivity contribution in [2.75, 3.05) is 6.61 Å². The minimum atomic E-state index is 0.167. The number of aliphatic hydroxyl groups is 1. The van der Waals surface area contributed by atoms with Crippen LogP contribution in [0.1, 0.15) is 12.0 Å². The van der Waals surface area contributed by atoms with E-state index in [4.69, 9.17) is 5.11 Å². The van der Waals surface area contributed by atoms with E-state index in [9.17, 15) is 0 Å². The van der Waals surface area contributed by atoms with Crippen LogP contribution in [0.3, 0.4) is 0 Å². The molecule has 2 heterocycles. The zero-order valence-corrected chi connectivity index (χ0v) is 8.09. The Morgan fingerprint density at radius 1 is 1.64 bits per heavy atom. The minimum Gasteiger partial charge on any atom is -0.396 e. The fourth-order valence-corrected chi connectivity index (χ4v) is 1.43. The highest BCUT2D eigenvalue weighted by Gasteiger charge is 2.10. The lowest BCUT2D eigenvalue weighted by Crippen LogP contribution is -2.09. The molecular formula is C10H13N3O. The largest absolute Gasteiger partial charge is 0.396 e. The topological polar surface area (TPSA) is 50.4 Å². The number of allylic oxidation sites excluding steroid dienone is 1. The monoisotopic (exact) mass is 191 g/mol. The number of nitrogens with zero attached hydrogens (tertiary/aromatic N) is 3. The van der Waals surface area contributed by atoms with E-state index in [-0.39, 0.29) is 12.5 Å². The Balaban J connectivity index is 2.15. The van der Waals surface area contributed by atoms with Crippen molar-refractivity contribution in [1.29, 1.82) is 0 Å². The minimum absolute atomic E-state index is 0.167. The molecule has 0 bridgehead atoms. The number of rotatable bonds is 2. The van der Waals surface area contributed by atoms with Crippen molar-refractivity contribution in [3.8, 4) is 0 Å². The lowest BCUT2D eigenvalue weighted by molar-refractivity contribution is 0.264. The predicted octanol–water partition coefficient (Wildman–Crippen LogP) is 0.844. The smallest absolute Gasteiger partial charge is 0.0690 e. The van der Waals surface area contributed by atoms with Crippen molar-refractivity contribution in [3.63, 3.8) is 0 Å². The Kier molecular flexibility index (Phi) is 2.45. The Labute approximate surface area is 82.6 Å². The molecule has 74 valence electrons. The summed E-state index contributed by atoms with van der Waals surface area (Å²) >= 11 is 0. The number of hydrogen-bond donors (Lipinski definition) is 1. The molecule has 0 aliphatic carbocycles.